The van der Waals surface area contributed by atoms with Crippen LogP contribution < -0.4 is 16.4 Å². The van der Waals surface area contributed by atoms with Crippen LogP contribution in [-0.4, -0.2) is 52.0 Å². The second-order valence-electron chi connectivity index (χ2n) is 6.66. The van der Waals surface area contributed by atoms with Crippen molar-refractivity contribution < 1.29 is 34.2 Å². The fourth-order valence-corrected chi connectivity index (χ4v) is 2.07. The standard InChI is InChI=1S/C16H25N3O7/c1-8(2)13(22)19-16(3,4)7-18-12(21)6-10(15(25)26)9(14(23)24)5-11(17)20/h9-10H,1,5-7H2,2-4H3,(H2,17,20)(H,18,21)(H,19,22)(H,23,24)(H,25,26). The Labute approximate surface area is 150 Å². The Morgan fingerprint density at radius 3 is 1.88 bits per heavy atom. The molecule has 0 aliphatic heterocycles. The lowest BCUT2D eigenvalue weighted by molar-refractivity contribution is -0.156. The van der Waals surface area contributed by atoms with Gasteiger partial charge in [0, 0.05) is 25.0 Å². The maximum absolute atomic E-state index is 12.0. The van der Waals surface area contributed by atoms with E-state index in [1.165, 1.54) is 6.92 Å². The fraction of sp³-hybridized carbons (Fsp3) is 0.562. The van der Waals surface area contributed by atoms with Crippen molar-refractivity contribution in [1.82, 2.24) is 10.6 Å². The number of hydrogen-bond acceptors (Lipinski definition) is 5. The van der Waals surface area contributed by atoms with E-state index in [1.807, 2.05) is 0 Å². The minimum absolute atomic E-state index is 0.0231. The van der Waals surface area contributed by atoms with Crippen molar-refractivity contribution in [3.05, 3.63) is 12.2 Å². The van der Waals surface area contributed by atoms with E-state index in [2.05, 4.69) is 17.2 Å². The average Bonchev–Trinajstić information content (AvgIpc) is 2.47. The van der Waals surface area contributed by atoms with Gasteiger partial charge >= 0.3 is 11.9 Å². The normalized spacial score (nSPS) is 13.2. The van der Waals surface area contributed by atoms with E-state index < -0.39 is 59.9 Å². The van der Waals surface area contributed by atoms with Crippen LogP contribution in [-0.2, 0) is 24.0 Å². The number of carbonyl (C=O) groups excluding carboxylic acids is 3. The van der Waals surface area contributed by atoms with E-state index >= 15 is 0 Å². The van der Waals surface area contributed by atoms with Crippen molar-refractivity contribution in [2.75, 3.05) is 6.54 Å². The van der Waals surface area contributed by atoms with Crippen LogP contribution in [0.25, 0.3) is 0 Å². The summed E-state index contributed by atoms with van der Waals surface area (Å²) in [6.07, 6.45) is -1.34. The third-order valence-corrected chi connectivity index (χ3v) is 3.51. The highest BCUT2D eigenvalue weighted by Crippen LogP contribution is 2.21. The number of carbonyl (C=O) groups is 5. The quantitative estimate of drug-likeness (QED) is 0.296. The Morgan fingerprint density at radius 2 is 1.50 bits per heavy atom. The maximum Gasteiger partial charge on any atom is 0.307 e. The van der Waals surface area contributed by atoms with Gasteiger partial charge in [0.15, 0.2) is 0 Å². The highest BCUT2D eigenvalue weighted by molar-refractivity contribution is 5.92. The smallest absolute Gasteiger partial charge is 0.307 e. The molecule has 26 heavy (non-hydrogen) atoms. The predicted octanol–water partition coefficient (Wildman–Crippen LogP) is -0.759. The number of nitrogens with one attached hydrogen (secondary N) is 2. The van der Waals surface area contributed by atoms with E-state index in [0.717, 1.165) is 0 Å². The SMILES string of the molecule is C=C(C)C(=O)NC(C)(C)CNC(=O)CC(C(=O)O)C(CC(N)=O)C(=O)O. The molecule has 0 aliphatic carbocycles. The number of carboxylic acid groups (broad SMARTS) is 2. The number of primary amides is 1. The molecule has 146 valence electrons. The van der Waals surface area contributed by atoms with Crippen LogP contribution in [0.1, 0.15) is 33.6 Å². The summed E-state index contributed by atoms with van der Waals surface area (Å²) in [5.74, 6) is -8.40. The third-order valence-electron chi connectivity index (χ3n) is 3.51. The lowest BCUT2D eigenvalue weighted by Gasteiger charge is -2.27. The molecule has 0 rings (SSSR count). The molecule has 10 nitrogen and oxygen atoms in total. The first-order valence-electron chi connectivity index (χ1n) is 7.75. The second-order valence-corrected chi connectivity index (χ2v) is 6.66. The van der Waals surface area contributed by atoms with Gasteiger partial charge in [-0.2, -0.15) is 0 Å². The van der Waals surface area contributed by atoms with Crippen LogP contribution in [0.4, 0.5) is 0 Å². The van der Waals surface area contributed by atoms with Gasteiger partial charge in [-0.1, -0.05) is 6.58 Å². The van der Waals surface area contributed by atoms with Crippen LogP contribution >= 0.6 is 0 Å². The van der Waals surface area contributed by atoms with Gasteiger partial charge in [0.25, 0.3) is 0 Å². The van der Waals surface area contributed by atoms with Crippen LogP contribution in [0.15, 0.2) is 12.2 Å². The summed E-state index contributed by atoms with van der Waals surface area (Å²) >= 11 is 0. The molecule has 2 atom stereocenters. The summed E-state index contributed by atoms with van der Waals surface area (Å²) in [6.45, 7) is 8.26. The largest absolute Gasteiger partial charge is 0.481 e. The van der Waals surface area contributed by atoms with Gasteiger partial charge in [0.2, 0.25) is 17.7 Å². The molecule has 10 heteroatoms. The van der Waals surface area contributed by atoms with Crippen molar-refractivity contribution in [3.8, 4) is 0 Å². The lowest BCUT2D eigenvalue weighted by Crippen LogP contribution is -2.52. The monoisotopic (exact) mass is 371 g/mol. The fourth-order valence-electron chi connectivity index (χ4n) is 2.07. The van der Waals surface area contributed by atoms with Gasteiger partial charge in [-0.25, -0.2) is 0 Å². The molecule has 0 spiro atoms. The molecule has 6 N–H and O–H groups in total. The highest BCUT2D eigenvalue weighted by Gasteiger charge is 2.36. The molecule has 0 aromatic heterocycles. The molecule has 0 aromatic rings. The molecule has 0 fully saturated rings. The van der Waals surface area contributed by atoms with Crippen LogP contribution in [0.5, 0.6) is 0 Å². The molecular formula is C16H25N3O7. The minimum Gasteiger partial charge on any atom is -0.481 e. The Balaban J connectivity index is 4.94. The summed E-state index contributed by atoms with van der Waals surface area (Å²) < 4.78 is 0. The average molecular weight is 371 g/mol. The van der Waals surface area contributed by atoms with Crippen LogP contribution in [0, 0.1) is 11.8 Å². The molecule has 0 bridgehead atoms. The van der Waals surface area contributed by atoms with E-state index in [1.54, 1.807) is 13.8 Å². The molecular weight excluding hydrogens is 346 g/mol. The topological polar surface area (TPSA) is 176 Å². The summed E-state index contributed by atoms with van der Waals surface area (Å²) in [7, 11) is 0. The Hall–Kier alpha value is -2.91. The zero-order chi connectivity index (χ0) is 20.7. The number of carboxylic acids is 2. The number of aliphatic carboxylic acids is 2. The van der Waals surface area contributed by atoms with E-state index in [9.17, 15) is 29.1 Å². The van der Waals surface area contributed by atoms with Gasteiger partial charge in [0.05, 0.1) is 17.4 Å². The number of nitrogens with two attached hydrogens (primary N) is 1. The molecule has 2 unspecified atom stereocenters. The van der Waals surface area contributed by atoms with Crippen molar-refractivity contribution in [1.29, 1.82) is 0 Å². The van der Waals surface area contributed by atoms with Crippen LogP contribution in [0.3, 0.4) is 0 Å². The first kappa shape index (κ1) is 23.1. The lowest BCUT2D eigenvalue weighted by atomic mass is 9.86. The van der Waals surface area contributed by atoms with E-state index in [0.29, 0.717) is 0 Å². The van der Waals surface area contributed by atoms with Gasteiger partial charge in [-0.15, -0.1) is 0 Å². The first-order valence-corrected chi connectivity index (χ1v) is 7.75. The Bertz CT molecular complexity index is 613. The zero-order valence-corrected chi connectivity index (χ0v) is 15.0. The molecule has 0 aliphatic rings. The van der Waals surface area contributed by atoms with Crippen molar-refractivity contribution in [2.45, 2.75) is 39.2 Å². The number of rotatable bonds is 11. The molecule has 0 radical (unpaired) electrons. The summed E-state index contributed by atoms with van der Waals surface area (Å²) in [5, 5.41) is 23.4. The number of hydrogen-bond donors (Lipinski definition) is 5. The maximum atomic E-state index is 12.0. The van der Waals surface area contributed by atoms with Crippen LogP contribution in [0.2, 0.25) is 0 Å². The van der Waals surface area contributed by atoms with Gasteiger partial charge in [-0.3, -0.25) is 24.0 Å². The first-order chi connectivity index (χ1) is 11.8. The highest BCUT2D eigenvalue weighted by atomic mass is 16.4. The molecule has 0 heterocycles. The predicted molar refractivity (Wildman–Crippen MR) is 90.7 cm³/mol. The summed E-state index contributed by atoms with van der Waals surface area (Å²) in [6, 6.07) is 0. The van der Waals surface area contributed by atoms with E-state index in [-0.39, 0.29) is 12.1 Å². The minimum atomic E-state index is -1.62. The van der Waals surface area contributed by atoms with Crippen molar-refractivity contribution in [2.24, 2.45) is 17.6 Å². The van der Waals surface area contributed by atoms with Gasteiger partial charge < -0.3 is 26.6 Å². The summed E-state index contributed by atoms with van der Waals surface area (Å²) in [5.41, 5.74) is 4.38. The molecule has 3 amide bonds. The summed E-state index contributed by atoms with van der Waals surface area (Å²) in [4.78, 5) is 57.1. The Kier molecular flexibility index (Phi) is 8.47. The molecule has 0 saturated carbocycles. The second kappa shape index (κ2) is 9.54. The number of amides is 3. The van der Waals surface area contributed by atoms with E-state index in [4.69, 9.17) is 10.8 Å². The molecule has 0 saturated heterocycles. The van der Waals surface area contributed by atoms with Crippen molar-refractivity contribution >= 4 is 29.7 Å². The Morgan fingerprint density at radius 1 is 1.04 bits per heavy atom. The third kappa shape index (κ3) is 8.27. The van der Waals surface area contributed by atoms with Gasteiger partial charge in [0.1, 0.15) is 0 Å². The van der Waals surface area contributed by atoms with Crippen molar-refractivity contribution in [3.63, 3.8) is 0 Å². The van der Waals surface area contributed by atoms with Gasteiger partial charge in [-0.05, 0) is 20.8 Å². The zero-order valence-electron chi connectivity index (χ0n) is 15.0. The molecule has 0 aromatic carbocycles.